The molecule has 0 aliphatic rings. The average Bonchev–Trinajstić information content (AvgIpc) is 3.35. The Kier molecular flexibility index (Phi) is 5.78. The predicted molar refractivity (Wildman–Crippen MR) is 106 cm³/mol. The number of alkyl halides is 3. The van der Waals surface area contributed by atoms with Gasteiger partial charge in [0.25, 0.3) is 0 Å². The summed E-state index contributed by atoms with van der Waals surface area (Å²) >= 11 is 1.44. The summed E-state index contributed by atoms with van der Waals surface area (Å²) in [7, 11) is 1.65. The van der Waals surface area contributed by atoms with Gasteiger partial charge in [-0.15, -0.1) is 0 Å². The van der Waals surface area contributed by atoms with Crippen LogP contribution in [0.15, 0.2) is 58.2 Å². The fourth-order valence-corrected chi connectivity index (χ4v) is 3.81. The van der Waals surface area contributed by atoms with Gasteiger partial charge in [-0.05, 0) is 24.3 Å². The zero-order chi connectivity index (χ0) is 21.1. The number of halogens is 3. The summed E-state index contributed by atoms with van der Waals surface area (Å²) in [5.41, 5.74) is 1.62. The van der Waals surface area contributed by atoms with Gasteiger partial charge >= 0.3 is 6.18 Å². The minimum absolute atomic E-state index is 0.243. The van der Waals surface area contributed by atoms with Crippen LogP contribution in [0.25, 0.3) is 22.4 Å². The number of ether oxygens (including phenoxy) is 1. The van der Waals surface area contributed by atoms with Gasteiger partial charge in [-0.2, -0.15) is 18.2 Å². The number of para-hydroxylation sites is 2. The van der Waals surface area contributed by atoms with Crippen LogP contribution in [0.1, 0.15) is 11.5 Å². The van der Waals surface area contributed by atoms with Crippen molar-refractivity contribution in [3.05, 3.63) is 60.0 Å². The van der Waals surface area contributed by atoms with Crippen LogP contribution in [-0.4, -0.2) is 33.4 Å². The molecule has 30 heavy (non-hydrogen) atoms. The number of fused-ring (bicyclic) bond motifs is 1. The van der Waals surface area contributed by atoms with Crippen molar-refractivity contribution in [3.63, 3.8) is 0 Å². The summed E-state index contributed by atoms with van der Waals surface area (Å²) in [6.45, 7) is 1.20. The topological polar surface area (TPSA) is 66.0 Å². The third-order valence-corrected chi connectivity index (χ3v) is 5.36. The van der Waals surface area contributed by atoms with E-state index in [9.17, 15) is 13.2 Å². The third kappa shape index (κ3) is 4.34. The summed E-state index contributed by atoms with van der Waals surface area (Å²) in [6, 6.07) is 12.5. The number of imidazole rings is 1. The van der Waals surface area contributed by atoms with Crippen molar-refractivity contribution < 1.29 is 22.4 Å². The van der Waals surface area contributed by atoms with Gasteiger partial charge < -0.3 is 13.8 Å². The minimum atomic E-state index is -4.38. The van der Waals surface area contributed by atoms with Gasteiger partial charge in [0.2, 0.25) is 11.7 Å². The Morgan fingerprint density at radius 1 is 1.07 bits per heavy atom. The molecular formula is C20H17F3N4O2S. The first-order valence-corrected chi connectivity index (χ1v) is 10.0. The zero-order valence-corrected chi connectivity index (χ0v) is 16.7. The van der Waals surface area contributed by atoms with Crippen molar-refractivity contribution in [1.82, 2.24) is 19.7 Å². The fraction of sp³-hybridized carbons (Fsp3) is 0.250. The van der Waals surface area contributed by atoms with Gasteiger partial charge in [-0.25, -0.2) is 4.98 Å². The molecule has 0 aliphatic heterocycles. The summed E-state index contributed by atoms with van der Waals surface area (Å²) in [5.74, 6) is 0.983. The highest BCUT2D eigenvalue weighted by atomic mass is 32.2. The number of thioether (sulfide) groups is 1. The highest BCUT2D eigenvalue weighted by molar-refractivity contribution is 7.98. The van der Waals surface area contributed by atoms with Gasteiger partial charge in [-0.1, -0.05) is 41.2 Å². The van der Waals surface area contributed by atoms with E-state index in [1.54, 1.807) is 7.11 Å². The van der Waals surface area contributed by atoms with E-state index in [4.69, 9.17) is 9.26 Å². The molecular weight excluding hydrogens is 417 g/mol. The molecule has 0 fully saturated rings. The Morgan fingerprint density at radius 2 is 1.83 bits per heavy atom. The zero-order valence-electron chi connectivity index (χ0n) is 15.9. The molecule has 0 bridgehead atoms. The van der Waals surface area contributed by atoms with Crippen LogP contribution in [0.2, 0.25) is 0 Å². The van der Waals surface area contributed by atoms with Gasteiger partial charge in [0.05, 0.1) is 29.0 Å². The second-order valence-corrected chi connectivity index (χ2v) is 7.35. The van der Waals surface area contributed by atoms with Crippen LogP contribution in [0.5, 0.6) is 0 Å². The molecule has 2 heterocycles. The molecule has 4 aromatic rings. The SMILES string of the molecule is COCCn1c(SCc2nc(-c3ccc(C(F)(F)F)cc3)no2)nc2ccccc21. The van der Waals surface area contributed by atoms with Crippen molar-refractivity contribution in [2.24, 2.45) is 0 Å². The van der Waals surface area contributed by atoms with E-state index < -0.39 is 11.7 Å². The number of aromatic nitrogens is 4. The van der Waals surface area contributed by atoms with Crippen LogP contribution in [0, 0.1) is 0 Å². The first-order valence-electron chi connectivity index (χ1n) is 9.03. The molecule has 0 atom stereocenters. The van der Waals surface area contributed by atoms with Gasteiger partial charge in [0, 0.05) is 19.2 Å². The maximum absolute atomic E-state index is 12.7. The number of rotatable bonds is 7. The summed E-state index contributed by atoms with van der Waals surface area (Å²) < 4.78 is 50.6. The molecule has 0 aliphatic carbocycles. The highest BCUT2D eigenvalue weighted by Gasteiger charge is 2.30. The molecule has 4 rings (SSSR count). The van der Waals surface area contributed by atoms with Crippen LogP contribution < -0.4 is 0 Å². The van der Waals surface area contributed by atoms with E-state index in [1.807, 2.05) is 24.3 Å². The lowest BCUT2D eigenvalue weighted by atomic mass is 10.1. The van der Waals surface area contributed by atoms with E-state index in [1.165, 1.54) is 23.9 Å². The van der Waals surface area contributed by atoms with Crippen molar-refractivity contribution in [2.45, 2.75) is 23.6 Å². The molecule has 0 radical (unpaired) electrons. The van der Waals surface area contributed by atoms with Gasteiger partial charge in [0.1, 0.15) is 0 Å². The predicted octanol–water partition coefficient (Wildman–Crippen LogP) is 5.04. The molecule has 0 amide bonds. The molecule has 0 N–H and O–H groups in total. The second kappa shape index (κ2) is 8.49. The quantitative estimate of drug-likeness (QED) is 0.380. The van der Waals surface area contributed by atoms with Crippen molar-refractivity contribution in [2.75, 3.05) is 13.7 Å². The van der Waals surface area contributed by atoms with Crippen molar-refractivity contribution in [1.29, 1.82) is 0 Å². The fourth-order valence-electron chi connectivity index (χ4n) is 2.93. The van der Waals surface area contributed by atoms with Crippen molar-refractivity contribution in [3.8, 4) is 11.4 Å². The van der Waals surface area contributed by atoms with Crippen molar-refractivity contribution >= 4 is 22.8 Å². The van der Waals surface area contributed by atoms with Crippen LogP contribution in [-0.2, 0) is 23.2 Å². The normalized spacial score (nSPS) is 12.0. The number of benzene rings is 2. The maximum atomic E-state index is 12.7. The molecule has 0 spiro atoms. The van der Waals surface area contributed by atoms with Gasteiger partial charge in [-0.3, -0.25) is 0 Å². The molecule has 6 nitrogen and oxygen atoms in total. The Morgan fingerprint density at radius 3 is 2.57 bits per heavy atom. The lowest BCUT2D eigenvalue weighted by molar-refractivity contribution is -0.137. The second-order valence-electron chi connectivity index (χ2n) is 6.40. The first-order chi connectivity index (χ1) is 14.5. The molecule has 0 saturated carbocycles. The number of hydrogen-bond acceptors (Lipinski definition) is 6. The molecule has 0 saturated heterocycles. The summed E-state index contributed by atoms with van der Waals surface area (Å²) in [5, 5.41) is 4.67. The highest BCUT2D eigenvalue weighted by Crippen LogP contribution is 2.31. The molecule has 2 aromatic heterocycles. The van der Waals surface area contributed by atoms with Crippen LogP contribution >= 0.6 is 11.8 Å². The molecule has 156 valence electrons. The van der Waals surface area contributed by atoms with Gasteiger partial charge in [0.15, 0.2) is 5.16 Å². The first kappa shape index (κ1) is 20.4. The lowest BCUT2D eigenvalue weighted by Crippen LogP contribution is -2.05. The lowest BCUT2D eigenvalue weighted by Gasteiger charge is -2.07. The Balaban J connectivity index is 1.50. The Hall–Kier alpha value is -2.85. The van der Waals surface area contributed by atoms with E-state index in [2.05, 4.69) is 19.7 Å². The molecule has 0 unspecified atom stereocenters. The van der Waals surface area contributed by atoms with E-state index in [-0.39, 0.29) is 5.82 Å². The summed E-state index contributed by atoms with van der Waals surface area (Å²) in [4.78, 5) is 8.94. The number of methoxy groups -OCH3 is 1. The van der Waals surface area contributed by atoms with E-state index >= 15 is 0 Å². The number of nitrogens with zero attached hydrogens (tertiary/aromatic N) is 4. The third-order valence-electron chi connectivity index (χ3n) is 4.40. The largest absolute Gasteiger partial charge is 0.416 e. The van der Waals surface area contributed by atoms with Crippen LogP contribution in [0.3, 0.4) is 0 Å². The average molecular weight is 434 g/mol. The smallest absolute Gasteiger partial charge is 0.383 e. The number of hydrogen-bond donors (Lipinski definition) is 0. The minimum Gasteiger partial charge on any atom is -0.383 e. The standard InChI is InChI=1S/C20H17F3N4O2S/c1-28-11-10-27-16-5-3-2-4-15(16)24-19(27)30-12-17-25-18(26-29-17)13-6-8-14(9-7-13)20(21,22)23/h2-9H,10-12H2,1H3. The summed E-state index contributed by atoms with van der Waals surface area (Å²) in [6.07, 6.45) is -4.38. The van der Waals surface area contributed by atoms with E-state index in [0.717, 1.165) is 28.3 Å². The molecule has 2 aromatic carbocycles. The Bertz CT molecular complexity index is 1140. The Labute approximate surface area is 174 Å². The maximum Gasteiger partial charge on any atom is 0.416 e. The van der Waals surface area contributed by atoms with E-state index in [0.29, 0.717) is 30.4 Å². The monoisotopic (exact) mass is 434 g/mol. The molecule has 10 heteroatoms. The van der Waals surface area contributed by atoms with Crippen LogP contribution in [0.4, 0.5) is 13.2 Å².